The Labute approximate surface area is 146 Å². The van der Waals surface area contributed by atoms with Crippen molar-refractivity contribution in [3.8, 4) is 6.07 Å². The fraction of sp³-hybridized carbons (Fsp3) is 0.211. The monoisotopic (exact) mass is 336 g/mol. The first-order valence-electron chi connectivity index (χ1n) is 7.95. The van der Waals surface area contributed by atoms with Crippen LogP contribution in [0.15, 0.2) is 54.6 Å². The Kier molecular flexibility index (Phi) is 6.55. The Hall–Kier alpha value is -3.33. The molecule has 0 saturated carbocycles. The van der Waals surface area contributed by atoms with Crippen LogP contribution in [0.1, 0.15) is 29.3 Å². The topological polar surface area (TPSA) is 94.0 Å². The van der Waals surface area contributed by atoms with Crippen LogP contribution in [0.5, 0.6) is 0 Å². The highest BCUT2D eigenvalue weighted by Crippen LogP contribution is 2.11. The van der Waals surface area contributed by atoms with Gasteiger partial charge in [-0.1, -0.05) is 36.4 Å². The molecule has 128 valence electrons. The van der Waals surface area contributed by atoms with Gasteiger partial charge < -0.3 is 16.0 Å². The number of rotatable bonds is 6. The number of carbonyl (C=O) groups excluding carboxylic acids is 2. The largest absolute Gasteiger partial charge is 0.348 e. The Balaban J connectivity index is 1.92. The molecular formula is C19H20N4O2. The molecule has 0 saturated heterocycles. The second-order valence-electron chi connectivity index (χ2n) is 5.61. The minimum absolute atomic E-state index is 0.217. The fourth-order valence-corrected chi connectivity index (χ4v) is 2.20. The molecule has 3 N–H and O–H groups in total. The fourth-order valence-electron chi connectivity index (χ4n) is 2.20. The van der Waals surface area contributed by atoms with Gasteiger partial charge in [0, 0.05) is 23.8 Å². The summed E-state index contributed by atoms with van der Waals surface area (Å²) in [6.07, 6.45) is 0.231. The van der Waals surface area contributed by atoms with Crippen LogP contribution in [0.2, 0.25) is 0 Å². The summed E-state index contributed by atoms with van der Waals surface area (Å²) in [5.41, 5.74) is 1.98. The van der Waals surface area contributed by atoms with Gasteiger partial charge in [0.1, 0.15) is 0 Å². The summed E-state index contributed by atoms with van der Waals surface area (Å²) in [4.78, 5) is 24.1. The van der Waals surface area contributed by atoms with Crippen LogP contribution in [-0.4, -0.2) is 18.0 Å². The SMILES string of the molecule is C[C@H](CC#N)NC(=O)Nc1cccc(C(=O)NCc2ccccc2)c1. The summed E-state index contributed by atoms with van der Waals surface area (Å²) in [5.74, 6) is -0.217. The second-order valence-corrected chi connectivity index (χ2v) is 5.61. The van der Waals surface area contributed by atoms with E-state index < -0.39 is 6.03 Å². The van der Waals surface area contributed by atoms with Crippen LogP contribution >= 0.6 is 0 Å². The molecule has 6 nitrogen and oxygen atoms in total. The highest BCUT2D eigenvalue weighted by Gasteiger charge is 2.09. The maximum absolute atomic E-state index is 12.2. The predicted octanol–water partition coefficient (Wildman–Crippen LogP) is 3.04. The van der Waals surface area contributed by atoms with Crippen LogP contribution in [0.25, 0.3) is 0 Å². The van der Waals surface area contributed by atoms with Crippen LogP contribution < -0.4 is 16.0 Å². The number of urea groups is 1. The molecule has 0 aromatic heterocycles. The average molecular weight is 336 g/mol. The zero-order valence-corrected chi connectivity index (χ0v) is 14.0. The molecule has 0 spiro atoms. The lowest BCUT2D eigenvalue weighted by molar-refractivity contribution is 0.0951. The standard InChI is InChI=1S/C19H20N4O2/c1-14(10-11-20)22-19(25)23-17-9-5-8-16(12-17)18(24)21-13-15-6-3-2-4-7-15/h2-9,12,14H,10,13H2,1H3,(H,21,24)(H2,22,23,25)/t14-/m1/s1. The van der Waals surface area contributed by atoms with Gasteiger partial charge in [0.2, 0.25) is 0 Å². The van der Waals surface area contributed by atoms with Gasteiger partial charge in [0.15, 0.2) is 0 Å². The van der Waals surface area contributed by atoms with Crippen molar-refractivity contribution in [1.82, 2.24) is 10.6 Å². The summed E-state index contributed by atoms with van der Waals surface area (Å²) < 4.78 is 0. The average Bonchev–Trinajstić information content (AvgIpc) is 2.60. The normalized spacial score (nSPS) is 11.0. The Bertz CT molecular complexity index is 768. The lowest BCUT2D eigenvalue weighted by atomic mass is 10.1. The van der Waals surface area contributed by atoms with E-state index in [1.54, 1.807) is 31.2 Å². The van der Waals surface area contributed by atoms with Crippen molar-refractivity contribution >= 4 is 17.6 Å². The Morgan fingerprint density at radius 2 is 1.88 bits per heavy atom. The van der Waals surface area contributed by atoms with E-state index in [9.17, 15) is 9.59 Å². The van der Waals surface area contributed by atoms with E-state index in [4.69, 9.17) is 5.26 Å². The van der Waals surface area contributed by atoms with E-state index in [1.165, 1.54) is 0 Å². The first kappa shape index (κ1) is 18.0. The molecule has 0 heterocycles. The smallest absolute Gasteiger partial charge is 0.319 e. The highest BCUT2D eigenvalue weighted by molar-refractivity contribution is 5.96. The van der Waals surface area contributed by atoms with E-state index in [-0.39, 0.29) is 18.4 Å². The van der Waals surface area contributed by atoms with E-state index in [2.05, 4.69) is 16.0 Å². The number of carbonyl (C=O) groups is 2. The van der Waals surface area contributed by atoms with Crippen LogP contribution in [0.4, 0.5) is 10.5 Å². The van der Waals surface area contributed by atoms with Crippen molar-refractivity contribution in [3.05, 3.63) is 65.7 Å². The van der Waals surface area contributed by atoms with Crippen LogP contribution in [0.3, 0.4) is 0 Å². The first-order valence-corrected chi connectivity index (χ1v) is 7.95. The molecule has 3 amide bonds. The molecular weight excluding hydrogens is 316 g/mol. The zero-order chi connectivity index (χ0) is 18.1. The van der Waals surface area contributed by atoms with Gasteiger partial charge in [-0.2, -0.15) is 5.26 Å². The molecule has 0 bridgehead atoms. The number of benzene rings is 2. The van der Waals surface area contributed by atoms with Crippen LogP contribution in [0, 0.1) is 11.3 Å². The second kappa shape index (κ2) is 9.08. The van der Waals surface area contributed by atoms with E-state index >= 15 is 0 Å². The lowest BCUT2D eigenvalue weighted by Gasteiger charge is -2.12. The summed E-state index contributed by atoms with van der Waals surface area (Å²) in [5, 5.41) is 16.8. The molecule has 2 aromatic carbocycles. The number of nitriles is 1. The van der Waals surface area contributed by atoms with Crippen LogP contribution in [-0.2, 0) is 6.54 Å². The quantitative estimate of drug-likeness (QED) is 0.757. The van der Waals surface area contributed by atoms with Gasteiger partial charge in [0.05, 0.1) is 12.5 Å². The maximum Gasteiger partial charge on any atom is 0.319 e. The van der Waals surface area contributed by atoms with E-state index in [0.717, 1.165) is 5.56 Å². The van der Waals surface area contributed by atoms with Crippen molar-refractivity contribution < 1.29 is 9.59 Å². The summed E-state index contributed by atoms with van der Waals surface area (Å²) >= 11 is 0. The van der Waals surface area contributed by atoms with Gasteiger partial charge in [0.25, 0.3) is 5.91 Å². The van der Waals surface area contributed by atoms with Crippen molar-refractivity contribution in [2.24, 2.45) is 0 Å². The van der Waals surface area contributed by atoms with Gasteiger partial charge in [-0.05, 0) is 30.7 Å². The molecule has 25 heavy (non-hydrogen) atoms. The molecule has 0 aliphatic rings. The molecule has 0 radical (unpaired) electrons. The molecule has 2 rings (SSSR count). The third kappa shape index (κ3) is 5.99. The van der Waals surface area contributed by atoms with Crippen molar-refractivity contribution in [2.75, 3.05) is 5.32 Å². The van der Waals surface area contributed by atoms with E-state index in [1.807, 2.05) is 36.4 Å². The summed E-state index contributed by atoms with van der Waals surface area (Å²) in [6, 6.07) is 17.6. The Morgan fingerprint density at radius 1 is 1.12 bits per heavy atom. The molecule has 2 aromatic rings. The lowest BCUT2D eigenvalue weighted by Crippen LogP contribution is -2.35. The van der Waals surface area contributed by atoms with Gasteiger partial charge in [-0.15, -0.1) is 0 Å². The van der Waals surface area contributed by atoms with Crippen molar-refractivity contribution in [3.63, 3.8) is 0 Å². The first-order chi connectivity index (χ1) is 12.1. The predicted molar refractivity (Wildman–Crippen MR) is 95.9 cm³/mol. The Morgan fingerprint density at radius 3 is 2.60 bits per heavy atom. The molecule has 0 aliphatic heterocycles. The molecule has 0 aliphatic carbocycles. The molecule has 0 unspecified atom stereocenters. The summed E-state index contributed by atoms with van der Waals surface area (Å²) in [7, 11) is 0. The number of nitrogens with one attached hydrogen (secondary N) is 3. The maximum atomic E-state index is 12.2. The third-order valence-electron chi connectivity index (χ3n) is 3.45. The number of hydrogen-bond acceptors (Lipinski definition) is 3. The zero-order valence-electron chi connectivity index (χ0n) is 14.0. The highest BCUT2D eigenvalue weighted by atomic mass is 16.2. The van der Waals surface area contributed by atoms with E-state index in [0.29, 0.717) is 17.8 Å². The summed E-state index contributed by atoms with van der Waals surface area (Å²) in [6.45, 7) is 2.18. The molecule has 0 fully saturated rings. The third-order valence-corrected chi connectivity index (χ3v) is 3.45. The molecule has 6 heteroatoms. The van der Waals surface area contributed by atoms with Crippen molar-refractivity contribution in [1.29, 1.82) is 5.26 Å². The van der Waals surface area contributed by atoms with Crippen molar-refractivity contribution in [2.45, 2.75) is 25.9 Å². The number of amides is 3. The number of anilines is 1. The van der Waals surface area contributed by atoms with Gasteiger partial charge in [-0.25, -0.2) is 4.79 Å². The van der Waals surface area contributed by atoms with Gasteiger partial charge >= 0.3 is 6.03 Å². The number of hydrogen-bond donors (Lipinski definition) is 3. The van der Waals surface area contributed by atoms with Gasteiger partial charge in [-0.3, -0.25) is 4.79 Å². The minimum atomic E-state index is -0.412. The minimum Gasteiger partial charge on any atom is -0.348 e. The molecule has 1 atom stereocenters. The number of nitrogens with zero attached hydrogens (tertiary/aromatic N) is 1.